The number of pyridine rings is 3. The summed E-state index contributed by atoms with van der Waals surface area (Å²) in [6.45, 7) is 5.19. The minimum Gasteiger partial charge on any atom is -0.481 e. The summed E-state index contributed by atoms with van der Waals surface area (Å²) >= 11 is 13.9. The molecule has 262 valence electrons. The van der Waals surface area contributed by atoms with Gasteiger partial charge in [-0.1, -0.05) is 41.4 Å². The van der Waals surface area contributed by atoms with E-state index in [0.29, 0.717) is 95.4 Å². The molecule has 2 fully saturated rings. The highest BCUT2D eigenvalue weighted by Gasteiger charge is 2.23. The van der Waals surface area contributed by atoms with Crippen LogP contribution in [-0.4, -0.2) is 71.0 Å². The number of benzene rings is 1. The van der Waals surface area contributed by atoms with Gasteiger partial charge in [0, 0.05) is 93.3 Å². The second kappa shape index (κ2) is 16.1. The van der Waals surface area contributed by atoms with Crippen LogP contribution in [0.1, 0.15) is 37.3 Å². The van der Waals surface area contributed by atoms with Crippen LogP contribution in [0, 0.1) is 11.7 Å². The number of amides is 2. The number of ether oxygens (including phenoxy) is 1. The number of hydrogen-bond acceptors (Lipinski definition) is 9. The third-order valence-electron chi connectivity index (χ3n) is 9.11. The summed E-state index contributed by atoms with van der Waals surface area (Å²) in [6, 6.07) is 12.7. The lowest BCUT2D eigenvalue weighted by Crippen LogP contribution is -2.44. The first kappa shape index (κ1) is 35.5. The number of piperidine rings is 1. The third kappa shape index (κ3) is 8.15. The Morgan fingerprint density at radius 2 is 1.82 bits per heavy atom. The number of halogens is 3. The Morgan fingerprint density at radius 3 is 2.56 bits per heavy atom. The lowest BCUT2D eigenvalue weighted by molar-refractivity contribution is -0.130. The minimum absolute atomic E-state index is 0.0434. The topological polar surface area (TPSA) is 133 Å². The smallest absolute Gasteiger partial charge is 0.220 e. The minimum atomic E-state index is -0.481. The van der Waals surface area contributed by atoms with Gasteiger partial charge in [-0.15, -0.1) is 0 Å². The van der Waals surface area contributed by atoms with Gasteiger partial charge in [0.1, 0.15) is 0 Å². The van der Waals surface area contributed by atoms with Crippen LogP contribution < -0.4 is 26.0 Å². The second-order valence-corrected chi connectivity index (χ2v) is 13.2. The van der Waals surface area contributed by atoms with Gasteiger partial charge in [0.15, 0.2) is 11.6 Å². The summed E-state index contributed by atoms with van der Waals surface area (Å²) < 4.78 is 21.3. The van der Waals surface area contributed by atoms with Gasteiger partial charge in [0.2, 0.25) is 17.7 Å². The average molecular weight is 722 g/mol. The van der Waals surface area contributed by atoms with Crippen LogP contribution in [0.15, 0.2) is 54.9 Å². The van der Waals surface area contributed by atoms with Crippen LogP contribution in [0.4, 0.5) is 15.9 Å². The van der Waals surface area contributed by atoms with Crippen LogP contribution in [-0.2, 0) is 22.7 Å². The molecule has 50 heavy (non-hydrogen) atoms. The maximum Gasteiger partial charge on any atom is 0.220 e. The van der Waals surface area contributed by atoms with E-state index in [1.165, 1.54) is 0 Å². The molecule has 0 unspecified atom stereocenters. The Hall–Kier alpha value is -4.36. The summed E-state index contributed by atoms with van der Waals surface area (Å²) in [7, 11) is 1.57. The highest BCUT2D eigenvalue weighted by Crippen LogP contribution is 2.41. The molecule has 2 saturated heterocycles. The highest BCUT2D eigenvalue weighted by molar-refractivity contribution is 6.39. The number of carbonyl (C=O) groups excluding carboxylic acids is 2. The summed E-state index contributed by atoms with van der Waals surface area (Å²) in [5, 5.41) is 13.4. The molecule has 5 heterocycles. The van der Waals surface area contributed by atoms with E-state index in [0.717, 1.165) is 18.4 Å². The predicted molar refractivity (Wildman–Crippen MR) is 192 cm³/mol. The number of hydrogen-bond donors (Lipinski definition) is 4. The number of nitrogens with one attached hydrogen (secondary N) is 4. The van der Waals surface area contributed by atoms with E-state index >= 15 is 4.39 Å². The maximum absolute atomic E-state index is 15.7. The van der Waals surface area contributed by atoms with E-state index in [1.54, 1.807) is 56.8 Å². The zero-order valence-electron chi connectivity index (χ0n) is 27.9. The van der Waals surface area contributed by atoms with Crippen molar-refractivity contribution in [2.75, 3.05) is 38.6 Å². The van der Waals surface area contributed by atoms with Crippen molar-refractivity contribution < 1.29 is 18.7 Å². The van der Waals surface area contributed by atoms with Crippen molar-refractivity contribution in [1.82, 2.24) is 35.8 Å². The number of rotatable bonds is 12. The SMILES string of the molecule is COc1nc(-c2ccnc(-c3cccc(Nc4nccc(CNC5CCN(C(C)=O)CC5)c4F)c3Cl)c2Cl)ccc1CNC[C@@H]1CNC(=O)C1. The molecular weight excluding hydrogens is 682 g/mol. The molecule has 4 N–H and O–H groups in total. The fourth-order valence-corrected chi connectivity index (χ4v) is 6.85. The number of likely N-dealkylation sites (tertiary alicyclic amines) is 1. The summed E-state index contributed by atoms with van der Waals surface area (Å²) in [4.78, 5) is 38.5. The molecule has 1 aromatic carbocycles. The van der Waals surface area contributed by atoms with Gasteiger partial charge >= 0.3 is 0 Å². The van der Waals surface area contributed by atoms with E-state index in [2.05, 4.69) is 31.2 Å². The molecule has 0 aliphatic carbocycles. The Kier molecular flexibility index (Phi) is 11.4. The van der Waals surface area contributed by atoms with Gasteiger partial charge in [0.05, 0.1) is 34.2 Å². The molecule has 0 bridgehead atoms. The molecule has 14 heteroatoms. The monoisotopic (exact) mass is 720 g/mol. The van der Waals surface area contributed by atoms with E-state index in [1.807, 2.05) is 17.0 Å². The molecule has 0 spiro atoms. The molecule has 1 atom stereocenters. The van der Waals surface area contributed by atoms with Crippen molar-refractivity contribution in [1.29, 1.82) is 0 Å². The number of aromatic nitrogens is 3. The lowest BCUT2D eigenvalue weighted by Gasteiger charge is -2.31. The second-order valence-electron chi connectivity index (χ2n) is 12.5. The van der Waals surface area contributed by atoms with Crippen molar-refractivity contribution in [3.8, 4) is 28.4 Å². The van der Waals surface area contributed by atoms with E-state index in [4.69, 9.17) is 32.9 Å². The van der Waals surface area contributed by atoms with E-state index < -0.39 is 5.82 Å². The van der Waals surface area contributed by atoms with Crippen molar-refractivity contribution >= 4 is 46.5 Å². The molecule has 4 aromatic rings. The molecule has 6 rings (SSSR count). The van der Waals surface area contributed by atoms with Gasteiger partial charge in [-0.05, 0) is 43.0 Å². The zero-order valence-corrected chi connectivity index (χ0v) is 29.4. The van der Waals surface area contributed by atoms with Crippen LogP contribution in [0.3, 0.4) is 0 Å². The summed E-state index contributed by atoms with van der Waals surface area (Å²) in [5.74, 6) is 0.436. The van der Waals surface area contributed by atoms with E-state index in [-0.39, 0.29) is 29.6 Å². The Bertz CT molecular complexity index is 1870. The number of nitrogens with zero attached hydrogens (tertiary/aromatic N) is 4. The molecule has 0 saturated carbocycles. The lowest BCUT2D eigenvalue weighted by atomic mass is 10.0. The number of anilines is 2. The van der Waals surface area contributed by atoms with Gasteiger partial charge in [-0.3, -0.25) is 14.6 Å². The van der Waals surface area contributed by atoms with Crippen molar-refractivity contribution in [2.45, 2.75) is 45.3 Å². The Morgan fingerprint density at radius 1 is 1.02 bits per heavy atom. The van der Waals surface area contributed by atoms with Gasteiger partial charge < -0.3 is 30.9 Å². The molecule has 2 aliphatic rings. The van der Waals surface area contributed by atoms with Crippen molar-refractivity contribution in [3.63, 3.8) is 0 Å². The van der Waals surface area contributed by atoms with Crippen LogP contribution in [0.5, 0.6) is 5.88 Å². The first-order valence-corrected chi connectivity index (χ1v) is 17.3. The molecule has 3 aromatic heterocycles. The van der Waals surface area contributed by atoms with Gasteiger partial charge in [-0.25, -0.2) is 14.4 Å². The first-order valence-electron chi connectivity index (χ1n) is 16.6. The summed E-state index contributed by atoms with van der Waals surface area (Å²) in [6.07, 6.45) is 5.34. The van der Waals surface area contributed by atoms with Crippen LogP contribution in [0.2, 0.25) is 10.0 Å². The molecule has 2 amide bonds. The molecular formula is C36H39Cl2FN8O3. The fourth-order valence-electron chi connectivity index (χ4n) is 6.28. The molecule has 11 nitrogen and oxygen atoms in total. The van der Waals surface area contributed by atoms with Gasteiger partial charge in [-0.2, -0.15) is 0 Å². The zero-order chi connectivity index (χ0) is 35.2. The number of carbonyl (C=O) groups is 2. The predicted octanol–water partition coefficient (Wildman–Crippen LogP) is 5.73. The fraction of sp³-hybridized carbons (Fsp3) is 0.361. The maximum atomic E-state index is 15.7. The normalized spacial score (nSPS) is 16.4. The number of methoxy groups -OCH3 is 1. The Balaban J connectivity index is 1.16. The quantitative estimate of drug-likeness (QED) is 0.145. The average Bonchev–Trinajstić information content (AvgIpc) is 3.54. The van der Waals surface area contributed by atoms with Crippen LogP contribution >= 0.6 is 23.2 Å². The first-order chi connectivity index (χ1) is 24.2. The van der Waals surface area contributed by atoms with Crippen molar-refractivity contribution in [2.24, 2.45) is 5.92 Å². The highest BCUT2D eigenvalue weighted by atomic mass is 35.5. The summed E-state index contributed by atoms with van der Waals surface area (Å²) in [5.41, 5.74) is 3.99. The third-order valence-corrected chi connectivity index (χ3v) is 9.90. The van der Waals surface area contributed by atoms with Crippen LogP contribution in [0.25, 0.3) is 22.5 Å². The largest absolute Gasteiger partial charge is 0.481 e. The van der Waals surface area contributed by atoms with Crippen molar-refractivity contribution in [3.05, 3.63) is 81.8 Å². The standard InChI is InChI=1S/C36H39Cl2FN8O3/c1-21(48)47-14-10-25(11-15-47)43-20-23-8-12-42-35(33(23)39)45-29-5-3-4-27(31(29)37)34-32(38)26(9-13-41-34)28-7-6-24(36(46-28)50-2)19-40-17-22-16-30(49)44-18-22/h3-9,12-13,22,25,40,43H,10-11,14-20H2,1-2H3,(H,42,45)(H,44,49)/t22-/m1/s1. The molecule has 2 aliphatic heterocycles. The Labute approximate surface area is 300 Å². The van der Waals surface area contributed by atoms with E-state index in [9.17, 15) is 9.59 Å². The molecule has 0 radical (unpaired) electrons. The van der Waals surface area contributed by atoms with Gasteiger partial charge in [0.25, 0.3) is 0 Å².